The molecule has 1 N–H and O–H groups in total. The number of carbonyl (C=O) groups excluding carboxylic acids is 2. The van der Waals surface area contributed by atoms with E-state index >= 15 is 0 Å². The highest BCUT2D eigenvalue weighted by atomic mass is 16.5. The Bertz CT molecular complexity index is 860. The van der Waals surface area contributed by atoms with Crippen molar-refractivity contribution in [1.29, 1.82) is 0 Å². The first-order chi connectivity index (χ1) is 11.7. The van der Waals surface area contributed by atoms with Crippen molar-refractivity contribution in [2.24, 2.45) is 0 Å². The summed E-state index contributed by atoms with van der Waals surface area (Å²) in [7, 11) is 0. The molecule has 0 aliphatic heterocycles. The van der Waals surface area contributed by atoms with Crippen molar-refractivity contribution < 1.29 is 14.3 Å². The smallest absolute Gasteiger partial charge is 0.351 e. The van der Waals surface area contributed by atoms with Crippen LogP contribution in [0, 0.1) is 0 Å². The second-order valence-electron chi connectivity index (χ2n) is 5.02. The number of nitrogens with one attached hydrogen (secondary N) is 1. The van der Waals surface area contributed by atoms with Gasteiger partial charge in [-0.2, -0.15) is 0 Å². The standard InChI is InChI=1S/C17H16N4O3/c1-2-24-17(23)15(18-16(22)12-8-4-3-5-9-12)21-14-11-7-6-10-13(14)19-20-21/h3-11,15H,2H2,1H3,(H,18,22). The monoisotopic (exact) mass is 324 g/mol. The highest BCUT2D eigenvalue weighted by Gasteiger charge is 2.27. The Hall–Kier alpha value is -3.22. The van der Waals surface area contributed by atoms with Gasteiger partial charge in [-0.15, -0.1) is 5.10 Å². The summed E-state index contributed by atoms with van der Waals surface area (Å²) in [5.41, 5.74) is 1.70. The van der Waals surface area contributed by atoms with Crippen LogP contribution in [-0.4, -0.2) is 33.5 Å². The van der Waals surface area contributed by atoms with E-state index in [9.17, 15) is 9.59 Å². The first-order valence-electron chi connectivity index (χ1n) is 7.53. The summed E-state index contributed by atoms with van der Waals surface area (Å²) < 4.78 is 6.43. The van der Waals surface area contributed by atoms with Gasteiger partial charge in [0.1, 0.15) is 5.52 Å². The summed E-state index contributed by atoms with van der Waals surface area (Å²) in [6.07, 6.45) is -1.09. The van der Waals surface area contributed by atoms with E-state index in [2.05, 4.69) is 15.6 Å². The van der Waals surface area contributed by atoms with Gasteiger partial charge >= 0.3 is 5.97 Å². The van der Waals surface area contributed by atoms with E-state index < -0.39 is 18.0 Å². The van der Waals surface area contributed by atoms with Gasteiger partial charge in [-0.05, 0) is 31.2 Å². The van der Waals surface area contributed by atoms with Crippen LogP contribution < -0.4 is 5.32 Å². The van der Waals surface area contributed by atoms with Crippen LogP contribution in [0.5, 0.6) is 0 Å². The zero-order valence-corrected chi connectivity index (χ0v) is 13.0. The van der Waals surface area contributed by atoms with Crippen LogP contribution in [0.1, 0.15) is 23.4 Å². The minimum atomic E-state index is -1.09. The summed E-state index contributed by atoms with van der Waals surface area (Å²) in [6, 6.07) is 15.8. The first-order valence-corrected chi connectivity index (χ1v) is 7.53. The Morgan fingerprint density at radius 2 is 1.83 bits per heavy atom. The number of benzene rings is 2. The van der Waals surface area contributed by atoms with Gasteiger partial charge < -0.3 is 10.1 Å². The lowest BCUT2D eigenvalue weighted by Gasteiger charge is -2.17. The fraction of sp³-hybridized carbons (Fsp3) is 0.176. The number of hydrogen-bond donors (Lipinski definition) is 1. The number of fused-ring (bicyclic) bond motifs is 1. The highest BCUT2D eigenvalue weighted by Crippen LogP contribution is 2.16. The van der Waals surface area contributed by atoms with Crippen LogP contribution >= 0.6 is 0 Å². The molecule has 7 heteroatoms. The van der Waals surface area contributed by atoms with E-state index in [1.165, 1.54) is 4.68 Å². The lowest BCUT2D eigenvalue weighted by molar-refractivity contribution is -0.148. The van der Waals surface area contributed by atoms with Crippen molar-refractivity contribution in [2.45, 2.75) is 13.1 Å². The lowest BCUT2D eigenvalue weighted by Crippen LogP contribution is -2.39. The molecule has 0 bridgehead atoms. The van der Waals surface area contributed by atoms with Crippen molar-refractivity contribution in [3.05, 3.63) is 60.2 Å². The zero-order chi connectivity index (χ0) is 16.9. The van der Waals surface area contributed by atoms with Gasteiger partial charge in [0, 0.05) is 5.56 Å². The average molecular weight is 324 g/mol. The van der Waals surface area contributed by atoms with E-state index in [4.69, 9.17) is 4.74 Å². The van der Waals surface area contributed by atoms with Crippen molar-refractivity contribution in [3.63, 3.8) is 0 Å². The Labute approximate surface area is 138 Å². The normalized spacial score (nSPS) is 11.9. The molecule has 0 aliphatic rings. The van der Waals surface area contributed by atoms with E-state index in [1.54, 1.807) is 43.3 Å². The summed E-state index contributed by atoms with van der Waals surface area (Å²) >= 11 is 0. The third-order valence-corrected chi connectivity index (χ3v) is 3.44. The van der Waals surface area contributed by atoms with Gasteiger partial charge in [-0.1, -0.05) is 35.5 Å². The predicted octanol–water partition coefficient (Wildman–Crippen LogP) is 1.92. The zero-order valence-electron chi connectivity index (χ0n) is 13.0. The Balaban J connectivity index is 1.95. The molecule has 122 valence electrons. The number of rotatable bonds is 5. The Morgan fingerprint density at radius 3 is 2.58 bits per heavy atom. The number of hydrogen-bond acceptors (Lipinski definition) is 5. The van der Waals surface area contributed by atoms with E-state index in [-0.39, 0.29) is 6.61 Å². The van der Waals surface area contributed by atoms with Gasteiger partial charge in [0.25, 0.3) is 5.91 Å². The molecule has 24 heavy (non-hydrogen) atoms. The molecule has 3 aromatic rings. The number of amides is 1. The molecule has 1 amide bonds. The minimum absolute atomic E-state index is 0.198. The van der Waals surface area contributed by atoms with Crippen molar-refractivity contribution in [3.8, 4) is 0 Å². The third kappa shape index (κ3) is 3.10. The molecule has 0 aliphatic carbocycles. The molecular weight excluding hydrogens is 308 g/mol. The Kier molecular flexibility index (Phi) is 4.51. The molecule has 0 saturated carbocycles. The molecule has 0 spiro atoms. The SMILES string of the molecule is CCOC(=O)C(NC(=O)c1ccccc1)n1nnc2ccccc21. The van der Waals surface area contributed by atoms with E-state index in [0.29, 0.717) is 16.6 Å². The molecule has 7 nitrogen and oxygen atoms in total. The summed E-state index contributed by atoms with van der Waals surface area (Å²) in [5, 5.41) is 10.7. The highest BCUT2D eigenvalue weighted by molar-refractivity contribution is 5.96. The quantitative estimate of drug-likeness (QED) is 0.725. The minimum Gasteiger partial charge on any atom is -0.463 e. The summed E-state index contributed by atoms with van der Waals surface area (Å²) in [5.74, 6) is -0.995. The van der Waals surface area contributed by atoms with Crippen LogP contribution in [0.4, 0.5) is 0 Å². The molecule has 1 heterocycles. The van der Waals surface area contributed by atoms with Crippen molar-refractivity contribution >= 4 is 22.9 Å². The van der Waals surface area contributed by atoms with Crippen molar-refractivity contribution in [2.75, 3.05) is 6.61 Å². The molecule has 1 unspecified atom stereocenters. The predicted molar refractivity (Wildman–Crippen MR) is 87.1 cm³/mol. The molecular formula is C17H16N4O3. The first kappa shape index (κ1) is 15.7. The molecule has 1 aromatic heterocycles. The number of ether oxygens (including phenoxy) is 1. The molecule has 0 fully saturated rings. The maximum atomic E-state index is 12.4. The number of nitrogens with zero attached hydrogens (tertiary/aromatic N) is 3. The van der Waals surface area contributed by atoms with Gasteiger partial charge in [0.2, 0.25) is 6.17 Å². The average Bonchev–Trinajstić information content (AvgIpc) is 3.04. The second-order valence-corrected chi connectivity index (χ2v) is 5.02. The fourth-order valence-electron chi connectivity index (χ4n) is 2.32. The maximum absolute atomic E-state index is 12.4. The second kappa shape index (κ2) is 6.91. The van der Waals surface area contributed by atoms with Crippen LogP contribution in [0.15, 0.2) is 54.6 Å². The van der Waals surface area contributed by atoms with Gasteiger partial charge in [-0.25, -0.2) is 9.48 Å². The lowest BCUT2D eigenvalue weighted by atomic mass is 10.2. The third-order valence-electron chi connectivity index (χ3n) is 3.44. The van der Waals surface area contributed by atoms with Crippen LogP contribution in [-0.2, 0) is 9.53 Å². The summed E-state index contributed by atoms with van der Waals surface area (Å²) in [6.45, 7) is 1.90. The summed E-state index contributed by atoms with van der Waals surface area (Å²) in [4.78, 5) is 24.7. The topological polar surface area (TPSA) is 86.1 Å². The van der Waals surface area contributed by atoms with Crippen molar-refractivity contribution in [1.82, 2.24) is 20.3 Å². The number of para-hydroxylation sites is 1. The molecule has 1 atom stereocenters. The van der Waals surface area contributed by atoms with E-state index in [1.807, 2.05) is 18.2 Å². The van der Waals surface area contributed by atoms with Crippen LogP contribution in [0.25, 0.3) is 11.0 Å². The Morgan fingerprint density at radius 1 is 1.12 bits per heavy atom. The molecule has 2 aromatic carbocycles. The number of aromatic nitrogens is 3. The number of esters is 1. The van der Waals surface area contributed by atoms with Crippen LogP contribution in [0.2, 0.25) is 0 Å². The number of carbonyl (C=O) groups is 2. The molecule has 0 radical (unpaired) electrons. The van der Waals surface area contributed by atoms with Gasteiger partial charge in [0.05, 0.1) is 12.1 Å². The van der Waals surface area contributed by atoms with Gasteiger partial charge in [-0.3, -0.25) is 4.79 Å². The fourth-order valence-corrected chi connectivity index (χ4v) is 2.32. The van der Waals surface area contributed by atoms with Crippen LogP contribution in [0.3, 0.4) is 0 Å². The largest absolute Gasteiger partial charge is 0.463 e. The maximum Gasteiger partial charge on any atom is 0.351 e. The molecule has 0 saturated heterocycles. The van der Waals surface area contributed by atoms with Gasteiger partial charge in [0.15, 0.2) is 0 Å². The molecule has 3 rings (SSSR count). The van der Waals surface area contributed by atoms with E-state index in [0.717, 1.165) is 0 Å².